The van der Waals surface area contributed by atoms with Crippen LogP contribution in [0.2, 0.25) is 0 Å². The third kappa shape index (κ3) is 3.43. The Hall–Kier alpha value is -1.57. The van der Waals surface area contributed by atoms with E-state index in [9.17, 15) is 0 Å². The lowest BCUT2D eigenvalue weighted by Crippen LogP contribution is -2.33. The molecule has 0 bridgehead atoms. The van der Waals surface area contributed by atoms with E-state index in [1.54, 1.807) is 11.3 Å². The van der Waals surface area contributed by atoms with Gasteiger partial charge in [-0.1, -0.05) is 0 Å². The van der Waals surface area contributed by atoms with E-state index in [1.807, 2.05) is 19.1 Å². The minimum absolute atomic E-state index is 0.0130. The van der Waals surface area contributed by atoms with Crippen molar-refractivity contribution in [2.75, 3.05) is 25.0 Å². The fourth-order valence-corrected chi connectivity index (χ4v) is 4.28. The molecule has 2 saturated heterocycles. The molecule has 0 saturated carbocycles. The number of likely N-dealkylation sites (tertiary alicyclic amines) is 1. The Morgan fingerprint density at radius 1 is 1.38 bits per heavy atom. The van der Waals surface area contributed by atoms with Crippen LogP contribution in [0.1, 0.15) is 29.2 Å². The molecule has 4 heterocycles. The summed E-state index contributed by atoms with van der Waals surface area (Å²) in [5.74, 6) is 0.832. The predicted octanol–water partition coefficient (Wildman–Crippen LogP) is 2.40. The standard InChI is InChI=1S/C17H23N5OS/c1-12-3-4-16(21-20-12)19-14-7-17(23-9-14)5-6-22(11-17)8-15-10-24-13(2)18-15/h3-4,10,14H,5-9,11H2,1-2H3,(H,19,21)/t14-,17-/m0/s1. The van der Waals surface area contributed by atoms with Gasteiger partial charge in [0.2, 0.25) is 0 Å². The molecule has 4 rings (SSSR count). The highest BCUT2D eigenvalue weighted by molar-refractivity contribution is 7.09. The highest BCUT2D eigenvalue weighted by Crippen LogP contribution is 2.36. The number of hydrogen-bond donors (Lipinski definition) is 1. The van der Waals surface area contributed by atoms with Crippen LogP contribution in [0.15, 0.2) is 17.5 Å². The summed E-state index contributed by atoms with van der Waals surface area (Å²) in [7, 11) is 0. The zero-order chi connectivity index (χ0) is 16.6. The van der Waals surface area contributed by atoms with Crippen molar-refractivity contribution in [3.05, 3.63) is 33.9 Å². The lowest BCUT2D eigenvalue weighted by Gasteiger charge is -2.23. The number of nitrogens with zero attached hydrogens (tertiary/aromatic N) is 4. The summed E-state index contributed by atoms with van der Waals surface area (Å²) in [6.07, 6.45) is 2.11. The smallest absolute Gasteiger partial charge is 0.148 e. The summed E-state index contributed by atoms with van der Waals surface area (Å²) in [6, 6.07) is 4.27. The molecule has 2 aliphatic rings. The van der Waals surface area contributed by atoms with Crippen molar-refractivity contribution in [3.8, 4) is 0 Å². The van der Waals surface area contributed by atoms with Crippen LogP contribution in [-0.2, 0) is 11.3 Å². The number of hydrogen-bond acceptors (Lipinski definition) is 7. The van der Waals surface area contributed by atoms with Gasteiger partial charge in [0.1, 0.15) is 5.82 Å². The summed E-state index contributed by atoms with van der Waals surface area (Å²) in [5.41, 5.74) is 2.10. The zero-order valence-electron chi connectivity index (χ0n) is 14.2. The van der Waals surface area contributed by atoms with Crippen molar-refractivity contribution in [2.24, 2.45) is 0 Å². The van der Waals surface area contributed by atoms with Gasteiger partial charge in [0.25, 0.3) is 0 Å². The Balaban J connectivity index is 1.33. The van der Waals surface area contributed by atoms with Gasteiger partial charge in [-0.15, -0.1) is 16.4 Å². The van der Waals surface area contributed by atoms with Gasteiger partial charge in [-0.2, -0.15) is 5.10 Å². The van der Waals surface area contributed by atoms with Crippen LogP contribution >= 0.6 is 11.3 Å². The molecule has 7 heteroatoms. The van der Waals surface area contributed by atoms with Crippen molar-refractivity contribution in [3.63, 3.8) is 0 Å². The molecular weight excluding hydrogens is 322 g/mol. The summed E-state index contributed by atoms with van der Waals surface area (Å²) in [5, 5.41) is 15.1. The number of rotatable bonds is 4. The normalized spacial score (nSPS) is 27.2. The third-order valence-electron chi connectivity index (χ3n) is 4.81. The maximum absolute atomic E-state index is 6.21. The first kappa shape index (κ1) is 15.9. The Morgan fingerprint density at radius 3 is 3.04 bits per heavy atom. The highest BCUT2D eigenvalue weighted by Gasteiger charge is 2.45. The molecule has 0 aliphatic carbocycles. The predicted molar refractivity (Wildman–Crippen MR) is 94.2 cm³/mol. The highest BCUT2D eigenvalue weighted by atomic mass is 32.1. The van der Waals surface area contributed by atoms with Crippen LogP contribution in [0.5, 0.6) is 0 Å². The van der Waals surface area contributed by atoms with Gasteiger partial charge >= 0.3 is 0 Å². The molecule has 0 amide bonds. The average molecular weight is 345 g/mol. The topological polar surface area (TPSA) is 63.2 Å². The van der Waals surface area contributed by atoms with Crippen LogP contribution in [-0.4, -0.2) is 51.4 Å². The quantitative estimate of drug-likeness (QED) is 0.918. The number of nitrogens with one attached hydrogen (secondary N) is 1. The van der Waals surface area contributed by atoms with E-state index >= 15 is 0 Å². The summed E-state index contributed by atoms with van der Waals surface area (Å²) < 4.78 is 6.21. The van der Waals surface area contributed by atoms with Gasteiger partial charge < -0.3 is 10.1 Å². The first-order chi connectivity index (χ1) is 11.6. The number of aromatic nitrogens is 3. The molecule has 0 unspecified atom stereocenters. The van der Waals surface area contributed by atoms with Crippen molar-refractivity contribution >= 4 is 17.2 Å². The Morgan fingerprint density at radius 2 is 2.29 bits per heavy atom. The van der Waals surface area contributed by atoms with Gasteiger partial charge in [-0.05, 0) is 32.4 Å². The van der Waals surface area contributed by atoms with Crippen LogP contribution in [0, 0.1) is 13.8 Å². The van der Waals surface area contributed by atoms with E-state index in [2.05, 4.69) is 37.7 Å². The lowest BCUT2D eigenvalue weighted by molar-refractivity contribution is 0.0119. The molecule has 24 heavy (non-hydrogen) atoms. The van der Waals surface area contributed by atoms with Gasteiger partial charge in [0, 0.05) is 31.4 Å². The molecule has 0 radical (unpaired) electrons. The van der Waals surface area contributed by atoms with Gasteiger partial charge in [-0.3, -0.25) is 4.90 Å². The molecule has 6 nitrogen and oxygen atoms in total. The largest absolute Gasteiger partial charge is 0.371 e. The van der Waals surface area contributed by atoms with Crippen molar-refractivity contribution < 1.29 is 4.74 Å². The zero-order valence-corrected chi connectivity index (χ0v) is 15.0. The fourth-order valence-electron chi connectivity index (χ4n) is 3.68. The molecule has 0 aromatic carbocycles. The van der Waals surface area contributed by atoms with Gasteiger partial charge in [0.15, 0.2) is 0 Å². The lowest BCUT2D eigenvalue weighted by atomic mass is 9.97. The second-order valence-corrected chi connectivity index (χ2v) is 7.98. The van der Waals surface area contributed by atoms with Crippen molar-refractivity contribution in [1.29, 1.82) is 0 Å². The SMILES string of the molecule is Cc1ccc(N[C@@H]2CO[C@@]3(CCN(Cc4csc(C)n4)C3)C2)nn1. The maximum Gasteiger partial charge on any atom is 0.148 e. The number of anilines is 1. The molecule has 2 atom stereocenters. The number of ether oxygens (including phenoxy) is 1. The maximum atomic E-state index is 6.21. The molecule has 2 aromatic rings. The van der Waals surface area contributed by atoms with E-state index < -0.39 is 0 Å². The molecule has 2 aromatic heterocycles. The Kier molecular flexibility index (Phi) is 4.24. The molecule has 128 valence electrons. The van der Waals surface area contributed by atoms with Gasteiger partial charge in [-0.25, -0.2) is 4.98 Å². The second-order valence-electron chi connectivity index (χ2n) is 6.92. The first-order valence-corrected chi connectivity index (χ1v) is 9.32. The minimum Gasteiger partial charge on any atom is -0.371 e. The average Bonchev–Trinajstić information content (AvgIpc) is 3.25. The van der Waals surface area contributed by atoms with Crippen LogP contribution in [0.25, 0.3) is 0 Å². The molecule has 1 spiro atoms. The molecule has 2 fully saturated rings. The van der Waals surface area contributed by atoms with Crippen molar-refractivity contribution in [2.45, 2.75) is 44.9 Å². The first-order valence-electron chi connectivity index (χ1n) is 8.44. The van der Waals surface area contributed by atoms with E-state index in [-0.39, 0.29) is 5.60 Å². The minimum atomic E-state index is -0.0130. The summed E-state index contributed by atoms with van der Waals surface area (Å²) >= 11 is 1.72. The van der Waals surface area contributed by atoms with Crippen LogP contribution < -0.4 is 5.32 Å². The van der Waals surface area contributed by atoms with E-state index in [0.717, 1.165) is 55.6 Å². The third-order valence-corrected chi connectivity index (χ3v) is 5.63. The van der Waals surface area contributed by atoms with Crippen LogP contribution in [0.3, 0.4) is 0 Å². The molecular formula is C17H23N5OS. The number of thiazole rings is 1. The van der Waals surface area contributed by atoms with Crippen molar-refractivity contribution in [1.82, 2.24) is 20.1 Å². The van der Waals surface area contributed by atoms with E-state index in [4.69, 9.17) is 4.74 Å². The van der Waals surface area contributed by atoms with E-state index in [0.29, 0.717) is 6.04 Å². The summed E-state index contributed by atoms with van der Waals surface area (Å²) in [6.45, 7) is 7.73. The van der Waals surface area contributed by atoms with Crippen LogP contribution in [0.4, 0.5) is 5.82 Å². The molecule has 1 N–H and O–H groups in total. The number of aryl methyl sites for hydroxylation is 2. The Bertz CT molecular complexity index is 703. The van der Waals surface area contributed by atoms with E-state index in [1.165, 1.54) is 5.69 Å². The second kappa shape index (κ2) is 6.38. The monoisotopic (exact) mass is 345 g/mol. The Labute approximate surface area is 146 Å². The molecule has 2 aliphatic heterocycles. The summed E-state index contributed by atoms with van der Waals surface area (Å²) in [4.78, 5) is 7.04. The van der Waals surface area contributed by atoms with Gasteiger partial charge in [0.05, 0.1) is 34.6 Å². The fraction of sp³-hybridized carbons (Fsp3) is 0.588.